The minimum absolute atomic E-state index is 0.0852. The molecule has 0 saturated heterocycles. The van der Waals surface area contributed by atoms with Crippen molar-refractivity contribution in [2.24, 2.45) is 0 Å². The van der Waals surface area contributed by atoms with Crippen LogP contribution in [0.4, 0.5) is 0 Å². The van der Waals surface area contributed by atoms with Crippen molar-refractivity contribution in [3.05, 3.63) is 58.1 Å². The van der Waals surface area contributed by atoms with Crippen LogP contribution in [0.2, 0.25) is 0 Å². The van der Waals surface area contributed by atoms with Gasteiger partial charge in [-0.25, -0.2) is 0 Å². The second-order valence-corrected chi connectivity index (χ2v) is 8.85. The van der Waals surface area contributed by atoms with Crippen LogP contribution < -0.4 is 0 Å². The number of ketones is 1. The highest BCUT2D eigenvalue weighted by molar-refractivity contribution is 9.12. The first-order valence-corrected chi connectivity index (χ1v) is 11.5. The van der Waals surface area contributed by atoms with Gasteiger partial charge < -0.3 is 25.2 Å². The molecular weight excluding hydrogens is 480 g/mol. The summed E-state index contributed by atoms with van der Waals surface area (Å²) in [5.74, 6) is -0.981. The van der Waals surface area contributed by atoms with Gasteiger partial charge in [-0.05, 0) is 65.7 Å². The van der Waals surface area contributed by atoms with E-state index >= 15 is 0 Å². The van der Waals surface area contributed by atoms with Gasteiger partial charge in [-0.15, -0.1) is 0 Å². The number of halogens is 1. The van der Waals surface area contributed by atoms with Gasteiger partial charge in [0.25, 0.3) is 0 Å². The SMILES string of the molecule is COC(=O)CCC[C@H](O)[C@H](O)/C=C1\C(=O)C(Br)=C[C@@]1(O)[C@H](O)CCCCc1ccccc1. The summed E-state index contributed by atoms with van der Waals surface area (Å²) in [4.78, 5) is 23.7. The van der Waals surface area contributed by atoms with E-state index in [1.54, 1.807) is 0 Å². The molecule has 8 heteroatoms. The Morgan fingerprint density at radius 3 is 2.47 bits per heavy atom. The van der Waals surface area contributed by atoms with Crippen molar-refractivity contribution in [2.45, 2.75) is 68.9 Å². The number of carbonyl (C=O) groups excluding carboxylic acids is 2. The maximum Gasteiger partial charge on any atom is 0.305 e. The zero-order valence-electron chi connectivity index (χ0n) is 18.1. The molecule has 4 atom stereocenters. The van der Waals surface area contributed by atoms with Crippen LogP contribution in [0, 0.1) is 0 Å². The third kappa shape index (κ3) is 7.08. The number of carbonyl (C=O) groups is 2. The number of allylic oxidation sites excluding steroid dienone is 1. The molecule has 4 N–H and O–H groups in total. The predicted octanol–water partition coefficient (Wildman–Crippen LogP) is 2.34. The van der Waals surface area contributed by atoms with Gasteiger partial charge in [-0.2, -0.15) is 0 Å². The molecular formula is C24H31BrO7. The number of benzene rings is 1. The molecule has 0 heterocycles. The molecule has 0 aliphatic heterocycles. The van der Waals surface area contributed by atoms with Gasteiger partial charge in [-0.1, -0.05) is 36.8 Å². The number of aliphatic hydroxyl groups excluding tert-OH is 3. The lowest BCUT2D eigenvalue weighted by molar-refractivity contribution is -0.140. The highest BCUT2D eigenvalue weighted by Crippen LogP contribution is 2.38. The average Bonchev–Trinajstić information content (AvgIpc) is 3.00. The number of methoxy groups -OCH3 is 1. The molecule has 1 aliphatic rings. The second kappa shape index (κ2) is 12.4. The highest BCUT2D eigenvalue weighted by atomic mass is 79.9. The van der Waals surface area contributed by atoms with Crippen molar-refractivity contribution in [3.8, 4) is 0 Å². The maximum absolute atomic E-state index is 12.5. The van der Waals surface area contributed by atoms with Crippen molar-refractivity contribution in [1.29, 1.82) is 0 Å². The van der Waals surface area contributed by atoms with E-state index in [9.17, 15) is 30.0 Å². The van der Waals surface area contributed by atoms with Crippen LogP contribution in [0.25, 0.3) is 0 Å². The van der Waals surface area contributed by atoms with E-state index in [0.29, 0.717) is 6.42 Å². The summed E-state index contributed by atoms with van der Waals surface area (Å²) in [5.41, 5.74) is -0.959. The van der Waals surface area contributed by atoms with Crippen molar-refractivity contribution >= 4 is 27.7 Å². The van der Waals surface area contributed by atoms with Gasteiger partial charge in [0.1, 0.15) is 5.60 Å². The Morgan fingerprint density at radius 2 is 1.81 bits per heavy atom. The van der Waals surface area contributed by atoms with E-state index in [0.717, 1.165) is 18.9 Å². The Hall–Kier alpha value is -1.84. The second-order valence-electron chi connectivity index (χ2n) is 8.00. The van der Waals surface area contributed by atoms with Gasteiger partial charge >= 0.3 is 5.97 Å². The van der Waals surface area contributed by atoms with Crippen molar-refractivity contribution in [1.82, 2.24) is 0 Å². The van der Waals surface area contributed by atoms with Gasteiger partial charge in [0, 0.05) is 12.0 Å². The molecule has 1 aromatic rings. The van der Waals surface area contributed by atoms with Crippen LogP contribution >= 0.6 is 15.9 Å². The van der Waals surface area contributed by atoms with Gasteiger partial charge in [0.05, 0.1) is 29.9 Å². The Bertz CT molecular complexity index is 836. The molecule has 1 aliphatic carbocycles. The van der Waals surface area contributed by atoms with Crippen LogP contribution in [0.3, 0.4) is 0 Å². The number of hydrogen-bond donors (Lipinski definition) is 4. The molecule has 0 aromatic heterocycles. The number of esters is 1. The molecule has 176 valence electrons. The van der Waals surface area contributed by atoms with Gasteiger partial charge in [0.2, 0.25) is 0 Å². The standard InChI is InChI=1S/C24H31BrO7/c1-32-22(29)13-7-11-19(26)20(27)14-17-23(30)18(25)15-24(17,31)21(28)12-6-5-10-16-8-3-2-4-9-16/h2-4,8-9,14-15,19-21,26-28,31H,5-7,10-13H2,1H3/b17-14+/t19-,20+,21+,24-/m0/s1. The van der Waals surface area contributed by atoms with Gasteiger partial charge in [0.15, 0.2) is 5.78 Å². The Kier molecular flexibility index (Phi) is 10.2. The molecule has 0 fully saturated rings. The molecule has 32 heavy (non-hydrogen) atoms. The summed E-state index contributed by atoms with van der Waals surface area (Å²) in [7, 11) is 1.27. The van der Waals surface area contributed by atoms with Crippen LogP contribution in [0.15, 0.2) is 52.5 Å². The third-order valence-corrected chi connectivity index (χ3v) is 6.21. The molecule has 0 amide bonds. The Labute approximate surface area is 196 Å². The van der Waals surface area contributed by atoms with Gasteiger partial charge in [-0.3, -0.25) is 9.59 Å². The summed E-state index contributed by atoms with van der Waals surface area (Å²) in [5, 5.41) is 42.3. The van der Waals surface area contributed by atoms with E-state index in [4.69, 9.17) is 0 Å². The largest absolute Gasteiger partial charge is 0.469 e. The van der Waals surface area contributed by atoms with Crippen molar-refractivity contribution in [3.63, 3.8) is 0 Å². The number of aliphatic hydroxyl groups is 4. The molecule has 0 radical (unpaired) electrons. The molecule has 2 rings (SSSR count). The number of hydrogen-bond acceptors (Lipinski definition) is 7. The number of aryl methyl sites for hydroxylation is 1. The fourth-order valence-corrected chi connectivity index (χ4v) is 4.24. The van der Waals surface area contributed by atoms with Crippen molar-refractivity contribution in [2.75, 3.05) is 7.11 Å². The number of Topliss-reactive ketones (excluding diaryl/α,β-unsaturated/α-hetero) is 1. The number of ether oxygens (including phenoxy) is 1. The fraction of sp³-hybridized carbons (Fsp3) is 0.500. The van der Waals surface area contributed by atoms with Crippen LogP contribution in [-0.4, -0.2) is 63.2 Å². The molecule has 0 unspecified atom stereocenters. The average molecular weight is 511 g/mol. The Balaban J connectivity index is 1.98. The molecule has 0 bridgehead atoms. The number of unbranched alkanes of at least 4 members (excludes halogenated alkanes) is 1. The van der Waals surface area contributed by atoms with Crippen LogP contribution in [0.5, 0.6) is 0 Å². The minimum atomic E-state index is -1.96. The van der Waals surface area contributed by atoms with E-state index in [-0.39, 0.29) is 35.7 Å². The van der Waals surface area contributed by atoms with E-state index in [1.807, 2.05) is 30.3 Å². The summed E-state index contributed by atoms with van der Waals surface area (Å²) in [6.07, 6.45) is 1.37. The van der Waals surface area contributed by atoms with Crippen LogP contribution in [-0.2, 0) is 20.7 Å². The van der Waals surface area contributed by atoms with E-state index in [2.05, 4.69) is 20.7 Å². The monoisotopic (exact) mass is 510 g/mol. The lowest BCUT2D eigenvalue weighted by Crippen LogP contribution is -2.42. The number of rotatable bonds is 12. The first kappa shape index (κ1) is 26.4. The summed E-state index contributed by atoms with van der Waals surface area (Å²) in [6.45, 7) is 0. The summed E-state index contributed by atoms with van der Waals surface area (Å²) in [6, 6.07) is 9.93. The minimum Gasteiger partial charge on any atom is -0.469 e. The highest BCUT2D eigenvalue weighted by Gasteiger charge is 2.46. The molecule has 7 nitrogen and oxygen atoms in total. The zero-order chi connectivity index (χ0) is 23.7. The fourth-order valence-electron chi connectivity index (χ4n) is 3.67. The van der Waals surface area contributed by atoms with Crippen LogP contribution in [0.1, 0.15) is 44.1 Å². The summed E-state index contributed by atoms with van der Waals surface area (Å²) >= 11 is 3.10. The quantitative estimate of drug-likeness (QED) is 0.193. The molecule has 0 spiro atoms. The summed E-state index contributed by atoms with van der Waals surface area (Å²) < 4.78 is 4.62. The first-order valence-electron chi connectivity index (χ1n) is 10.7. The maximum atomic E-state index is 12.5. The third-order valence-electron chi connectivity index (χ3n) is 5.62. The zero-order valence-corrected chi connectivity index (χ0v) is 19.7. The first-order chi connectivity index (χ1) is 15.2. The normalized spacial score (nSPS) is 22.5. The molecule has 0 saturated carbocycles. The lowest BCUT2D eigenvalue weighted by Gasteiger charge is -2.29. The topological polar surface area (TPSA) is 124 Å². The lowest BCUT2D eigenvalue weighted by atomic mass is 9.86. The van der Waals surface area contributed by atoms with E-state index in [1.165, 1.54) is 18.7 Å². The van der Waals surface area contributed by atoms with E-state index < -0.39 is 35.7 Å². The molecule has 1 aromatic carbocycles. The Morgan fingerprint density at radius 1 is 1.12 bits per heavy atom. The smallest absolute Gasteiger partial charge is 0.305 e. The van der Waals surface area contributed by atoms with Crippen molar-refractivity contribution < 1.29 is 34.8 Å². The predicted molar refractivity (Wildman–Crippen MR) is 123 cm³/mol.